The molecule has 12 heteroatoms. The minimum atomic E-state index is -0.735. The zero-order valence-electron chi connectivity index (χ0n) is 24.4. The maximum absolute atomic E-state index is 11.6. The number of nitro benzene ring substituents is 1. The molecule has 12 nitrogen and oxygen atoms in total. The lowest BCUT2D eigenvalue weighted by Gasteiger charge is -2.19. The molecule has 1 fully saturated rings. The van der Waals surface area contributed by atoms with Gasteiger partial charge in [-0.2, -0.15) is 10.2 Å². The molecular formula is C30H39N5O7. The Kier molecular flexibility index (Phi) is 12.7. The van der Waals surface area contributed by atoms with E-state index in [1.807, 2.05) is 0 Å². The summed E-state index contributed by atoms with van der Waals surface area (Å²) in [6, 6.07) is 10.0. The van der Waals surface area contributed by atoms with Gasteiger partial charge < -0.3 is 24.2 Å². The molecule has 3 atom stereocenters. The SMILES string of the molecule is CCCCN(C=Nc1nc(OCCc2ccc([N+](=O)[O-])cc2)c([C@H]2C[C@H](OC(C)=O)[C@@H](CO)O2)cc1C#N)CCCC. The van der Waals surface area contributed by atoms with Crippen molar-refractivity contribution in [1.82, 2.24) is 9.88 Å². The van der Waals surface area contributed by atoms with Crippen molar-refractivity contribution in [3.8, 4) is 11.9 Å². The summed E-state index contributed by atoms with van der Waals surface area (Å²) in [5.74, 6) is -0.0711. The van der Waals surface area contributed by atoms with Crippen molar-refractivity contribution in [2.75, 3.05) is 26.3 Å². The Morgan fingerprint density at radius 3 is 2.55 bits per heavy atom. The van der Waals surface area contributed by atoms with Crippen LogP contribution in [0.1, 0.15) is 75.7 Å². The van der Waals surface area contributed by atoms with E-state index in [0.29, 0.717) is 12.0 Å². The molecule has 0 amide bonds. The van der Waals surface area contributed by atoms with Gasteiger partial charge in [-0.1, -0.05) is 38.8 Å². The zero-order valence-corrected chi connectivity index (χ0v) is 24.4. The number of hydrogen-bond acceptors (Lipinski definition) is 10. The highest BCUT2D eigenvalue weighted by molar-refractivity contribution is 5.66. The quantitative estimate of drug-likeness (QED) is 0.0958. The van der Waals surface area contributed by atoms with Gasteiger partial charge in [0.2, 0.25) is 5.88 Å². The van der Waals surface area contributed by atoms with Crippen LogP contribution >= 0.6 is 0 Å². The Balaban J connectivity index is 1.91. The molecule has 0 spiro atoms. The molecule has 0 bridgehead atoms. The molecule has 1 aromatic carbocycles. The summed E-state index contributed by atoms with van der Waals surface area (Å²) < 4.78 is 17.5. The van der Waals surface area contributed by atoms with Crippen LogP contribution in [0.15, 0.2) is 35.3 Å². The number of nitriles is 1. The number of pyridine rings is 1. The van der Waals surface area contributed by atoms with Crippen LogP contribution < -0.4 is 4.74 Å². The predicted molar refractivity (Wildman–Crippen MR) is 156 cm³/mol. The van der Waals surface area contributed by atoms with Gasteiger partial charge >= 0.3 is 5.97 Å². The van der Waals surface area contributed by atoms with Crippen LogP contribution in [-0.2, 0) is 20.7 Å². The first kappa shape index (κ1) is 32.4. The number of carbonyl (C=O) groups is 1. The van der Waals surface area contributed by atoms with E-state index in [-0.39, 0.29) is 42.6 Å². The predicted octanol–water partition coefficient (Wildman–Crippen LogP) is 4.80. The highest BCUT2D eigenvalue weighted by atomic mass is 16.6. The van der Waals surface area contributed by atoms with Crippen molar-refractivity contribution in [3.63, 3.8) is 0 Å². The summed E-state index contributed by atoms with van der Waals surface area (Å²) in [6.45, 7) is 7.07. The number of nitro groups is 1. The van der Waals surface area contributed by atoms with Crippen molar-refractivity contribution >= 4 is 23.8 Å². The maximum atomic E-state index is 11.6. The monoisotopic (exact) mass is 581 g/mol. The van der Waals surface area contributed by atoms with Crippen LogP contribution in [0.2, 0.25) is 0 Å². The van der Waals surface area contributed by atoms with Crippen molar-refractivity contribution in [3.05, 3.63) is 57.1 Å². The second-order valence-corrected chi connectivity index (χ2v) is 10.1. The largest absolute Gasteiger partial charge is 0.477 e. The molecule has 2 aromatic rings. The van der Waals surface area contributed by atoms with E-state index in [4.69, 9.17) is 14.2 Å². The van der Waals surface area contributed by atoms with Gasteiger partial charge in [0.05, 0.1) is 36.1 Å². The molecule has 1 aliphatic heterocycles. The van der Waals surface area contributed by atoms with Crippen LogP contribution in [0.3, 0.4) is 0 Å². The summed E-state index contributed by atoms with van der Waals surface area (Å²) in [4.78, 5) is 33.4. The molecule has 0 radical (unpaired) electrons. The Morgan fingerprint density at radius 2 is 1.98 bits per heavy atom. The smallest absolute Gasteiger partial charge is 0.302 e. The second-order valence-electron chi connectivity index (χ2n) is 10.1. The summed E-state index contributed by atoms with van der Waals surface area (Å²) >= 11 is 0. The van der Waals surface area contributed by atoms with Crippen molar-refractivity contribution in [1.29, 1.82) is 5.26 Å². The van der Waals surface area contributed by atoms with Gasteiger partial charge in [-0.05, 0) is 24.5 Å². The lowest BCUT2D eigenvalue weighted by molar-refractivity contribution is -0.384. The molecule has 1 aliphatic rings. The number of carbonyl (C=O) groups excluding carboxylic acids is 1. The molecule has 42 heavy (non-hydrogen) atoms. The number of aliphatic imine (C=N–C) groups is 1. The van der Waals surface area contributed by atoms with Crippen molar-refractivity contribution in [2.24, 2.45) is 4.99 Å². The average molecular weight is 582 g/mol. The van der Waals surface area contributed by atoms with E-state index in [2.05, 4.69) is 34.8 Å². The van der Waals surface area contributed by atoms with Crippen LogP contribution in [0.4, 0.5) is 11.5 Å². The molecule has 1 aromatic heterocycles. The van der Waals surface area contributed by atoms with Gasteiger partial charge in [0.25, 0.3) is 5.69 Å². The van der Waals surface area contributed by atoms with Gasteiger partial charge in [-0.3, -0.25) is 14.9 Å². The van der Waals surface area contributed by atoms with Gasteiger partial charge in [0.1, 0.15) is 18.3 Å². The van der Waals surface area contributed by atoms with E-state index in [9.17, 15) is 25.3 Å². The molecule has 0 saturated carbocycles. The number of aliphatic hydroxyl groups excluding tert-OH is 1. The van der Waals surface area contributed by atoms with Crippen molar-refractivity contribution < 1.29 is 29.0 Å². The number of rotatable bonds is 16. The van der Waals surface area contributed by atoms with Gasteiger partial charge in [-0.15, -0.1) is 0 Å². The Morgan fingerprint density at radius 1 is 1.29 bits per heavy atom. The number of nitrogens with zero attached hydrogens (tertiary/aromatic N) is 5. The fourth-order valence-electron chi connectivity index (χ4n) is 4.58. The van der Waals surface area contributed by atoms with E-state index in [1.54, 1.807) is 24.5 Å². The van der Waals surface area contributed by atoms with Crippen molar-refractivity contribution in [2.45, 2.75) is 77.6 Å². The number of hydrogen-bond donors (Lipinski definition) is 1. The summed E-state index contributed by atoms with van der Waals surface area (Å²) in [5, 5.41) is 30.7. The third-order valence-electron chi connectivity index (χ3n) is 6.88. The van der Waals surface area contributed by atoms with E-state index >= 15 is 0 Å². The minimum Gasteiger partial charge on any atom is -0.477 e. The molecule has 3 rings (SSSR count). The molecule has 0 unspecified atom stereocenters. The van der Waals surface area contributed by atoms with E-state index in [1.165, 1.54) is 19.1 Å². The van der Waals surface area contributed by atoms with E-state index < -0.39 is 29.2 Å². The van der Waals surface area contributed by atoms with Gasteiger partial charge in [0.15, 0.2) is 5.82 Å². The number of esters is 1. The third kappa shape index (κ3) is 9.22. The van der Waals surface area contributed by atoms with Crippen LogP contribution in [0, 0.1) is 21.4 Å². The standard InChI is InChI=1S/C30H39N5O7/c1-4-6-13-34(14-7-5-2)20-32-29-23(18-31)16-25(26-17-27(41-21(3)37)28(19-36)42-26)30(33-29)40-15-12-22-8-10-24(11-9-22)35(38)39/h8-11,16,20,26-28,36H,4-7,12-15,17,19H2,1-3H3/t26-,27+,28-/m1/s1. The Hall–Kier alpha value is -4.08. The lowest BCUT2D eigenvalue weighted by Crippen LogP contribution is -2.29. The highest BCUT2D eigenvalue weighted by Gasteiger charge is 2.39. The summed E-state index contributed by atoms with van der Waals surface area (Å²) in [7, 11) is 0. The number of non-ortho nitro benzene ring substituents is 1. The van der Waals surface area contributed by atoms with Crippen LogP contribution in [0.5, 0.6) is 5.88 Å². The minimum absolute atomic E-state index is 0.00397. The number of aliphatic hydroxyl groups is 1. The molecule has 1 N–H and O–H groups in total. The number of ether oxygens (including phenoxy) is 3. The van der Waals surface area contributed by atoms with Crippen LogP contribution in [0.25, 0.3) is 0 Å². The fourth-order valence-corrected chi connectivity index (χ4v) is 4.58. The fraction of sp³-hybridized carbons (Fsp3) is 0.533. The molecule has 2 heterocycles. The first-order valence-electron chi connectivity index (χ1n) is 14.3. The first-order valence-corrected chi connectivity index (χ1v) is 14.3. The number of unbranched alkanes of at least 4 members (excludes halogenated alkanes) is 2. The third-order valence-corrected chi connectivity index (χ3v) is 6.88. The van der Waals surface area contributed by atoms with Crippen LogP contribution in [-0.4, -0.2) is 70.7 Å². The molecule has 1 saturated heterocycles. The average Bonchev–Trinajstić information content (AvgIpc) is 3.38. The second kappa shape index (κ2) is 16.4. The number of aromatic nitrogens is 1. The Labute approximate surface area is 246 Å². The topological polar surface area (TPSA) is 160 Å². The summed E-state index contributed by atoms with van der Waals surface area (Å²) in [5.41, 5.74) is 1.55. The maximum Gasteiger partial charge on any atom is 0.302 e. The highest BCUT2D eigenvalue weighted by Crippen LogP contribution is 2.40. The molecule has 226 valence electrons. The zero-order chi connectivity index (χ0) is 30.5. The first-order chi connectivity index (χ1) is 20.3. The number of benzene rings is 1. The van der Waals surface area contributed by atoms with Gasteiger partial charge in [-0.25, -0.2) is 4.99 Å². The normalized spacial score (nSPS) is 18.1. The lowest BCUT2D eigenvalue weighted by atomic mass is 10.0. The molecule has 0 aliphatic carbocycles. The Bertz CT molecular complexity index is 1250. The molecular weight excluding hydrogens is 542 g/mol. The van der Waals surface area contributed by atoms with E-state index in [0.717, 1.165) is 44.3 Å². The summed E-state index contributed by atoms with van der Waals surface area (Å²) in [6.07, 6.45) is 4.48. The van der Waals surface area contributed by atoms with Gasteiger partial charge in [0, 0.05) is 50.6 Å².